The summed E-state index contributed by atoms with van der Waals surface area (Å²) in [6.45, 7) is 6.68. The first kappa shape index (κ1) is 23.5. The zero-order valence-corrected chi connectivity index (χ0v) is 19.4. The lowest BCUT2D eigenvalue weighted by molar-refractivity contribution is 0.181. The number of benzene rings is 1. The van der Waals surface area contributed by atoms with Gasteiger partial charge in [-0.25, -0.2) is 13.2 Å². The number of pyridine rings is 1. The molecular weight excluding hydrogens is 438 g/mol. The Hall–Kier alpha value is -2.20. The van der Waals surface area contributed by atoms with Gasteiger partial charge in [-0.15, -0.1) is 0 Å². The van der Waals surface area contributed by atoms with Crippen LogP contribution in [0.1, 0.15) is 23.7 Å². The van der Waals surface area contributed by atoms with Crippen molar-refractivity contribution in [1.29, 1.82) is 0 Å². The highest BCUT2D eigenvalue weighted by Crippen LogP contribution is 2.23. The zero-order chi connectivity index (χ0) is 22.6. The molecular formula is C21H28ClN5O3S. The zero-order valence-electron chi connectivity index (χ0n) is 17.8. The number of hydrogen-bond donors (Lipinski definition) is 1. The van der Waals surface area contributed by atoms with Crippen LogP contribution >= 0.6 is 11.6 Å². The molecule has 1 aliphatic rings. The van der Waals surface area contributed by atoms with Gasteiger partial charge in [-0.1, -0.05) is 23.7 Å². The Balaban J connectivity index is 1.70. The minimum atomic E-state index is -3.16. The number of rotatable bonds is 7. The summed E-state index contributed by atoms with van der Waals surface area (Å²) in [5, 5.41) is 0.634. The first-order valence-electron chi connectivity index (χ1n) is 10.2. The van der Waals surface area contributed by atoms with Crippen molar-refractivity contribution in [2.45, 2.75) is 26.9 Å². The molecule has 2 aromatic rings. The Labute approximate surface area is 188 Å². The molecule has 0 atom stereocenters. The Morgan fingerprint density at radius 1 is 1.19 bits per heavy atom. The fourth-order valence-corrected chi connectivity index (χ4v) is 4.80. The number of carbonyl (C=O) groups is 1. The number of sulfonamides is 1. The molecule has 2 heterocycles. The number of carbonyl (C=O) groups excluding carboxylic acids is 1. The third-order valence-electron chi connectivity index (χ3n) is 5.41. The van der Waals surface area contributed by atoms with Crippen molar-refractivity contribution >= 4 is 33.3 Å². The SMILES string of the molecule is CCS(=O)(=O)N1CCN(Cc2cc(CN(C(N)=O)c3ccc(C)nc3)ccc2Cl)CC1. The lowest BCUT2D eigenvalue weighted by atomic mass is 10.1. The average Bonchev–Trinajstić information content (AvgIpc) is 2.75. The molecule has 1 aliphatic heterocycles. The van der Waals surface area contributed by atoms with Gasteiger partial charge in [-0.05, 0) is 43.2 Å². The van der Waals surface area contributed by atoms with E-state index in [-0.39, 0.29) is 5.75 Å². The molecule has 10 heteroatoms. The van der Waals surface area contributed by atoms with E-state index >= 15 is 0 Å². The highest BCUT2D eigenvalue weighted by Gasteiger charge is 2.25. The molecule has 31 heavy (non-hydrogen) atoms. The second-order valence-electron chi connectivity index (χ2n) is 7.58. The lowest BCUT2D eigenvalue weighted by Crippen LogP contribution is -2.48. The summed E-state index contributed by atoms with van der Waals surface area (Å²) in [5.41, 5.74) is 8.91. The monoisotopic (exact) mass is 465 g/mol. The summed E-state index contributed by atoms with van der Waals surface area (Å²) in [6.07, 6.45) is 1.63. The molecule has 3 rings (SSSR count). The highest BCUT2D eigenvalue weighted by atomic mass is 35.5. The summed E-state index contributed by atoms with van der Waals surface area (Å²) >= 11 is 6.42. The van der Waals surface area contributed by atoms with Gasteiger partial charge in [0, 0.05) is 43.4 Å². The Morgan fingerprint density at radius 3 is 2.48 bits per heavy atom. The largest absolute Gasteiger partial charge is 0.351 e. The molecule has 1 saturated heterocycles. The molecule has 0 saturated carbocycles. The van der Waals surface area contributed by atoms with Gasteiger partial charge < -0.3 is 5.73 Å². The molecule has 2 N–H and O–H groups in total. The van der Waals surface area contributed by atoms with E-state index in [0.717, 1.165) is 16.8 Å². The molecule has 168 valence electrons. The first-order chi connectivity index (χ1) is 14.7. The number of amides is 2. The topological polar surface area (TPSA) is 99.8 Å². The van der Waals surface area contributed by atoms with E-state index in [4.69, 9.17) is 17.3 Å². The fraction of sp³-hybridized carbons (Fsp3) is 0.429. The van der Waals surface area contributed by atoms with E-state index in [0.29, 0.717) is 50.0 Å². The molecule has 0 unspecified atom stereocenters. The van der Waals surface area contributed by atoms with Gasteiger partial charge in [0.2, 0.25) is 10.0 Å². The highest BCUT2D eigenvalue weighted by molar-refractivity contribution is 7.89. The normalized spacial score (nSPS) is 15.7. The second kappa shape index (κ2) is 9.95. The molecule has 1 fully saturated rings. The second-order valence-corrected chi connectivity index (χ2v) is 10.2. The summed E-state index contributed by atoms with van der Waals surface area (Å²) in [6, 6.07) is 8.74. The third kappa shape index (κ3) is 5.94. The maximum Gasteiger partial charge on any atom is 0.319 e. The molecule has 2 amide bonds. The van der Waals surface area contributed by atoms with Crippen molar-refractivity contribution in [2.24, 2.45) is 5.73 Å². The number of hydrogen-bond acceptors (Lipinski definition) is 5. The van der Waals surface area contributed by atoms with Crippen LogP contribution in [-0.4, -0.2) is 60.6 Å². The van der Waals surface area contributed by atoms with Crippen LogP contribution in [0.15, 0.2) is 36.5 Å². The van der Waals surface area contributed by atoms with Crippen molar-refractivity contribution < 1.29 is 13.2 Å². The molecule has 1 aromatic carbocycles. The average molecular weight is 466 g/mol. The van der Waals surface area contributed by atoms with Crippen LogP contribution in [0.2, 0.25) is 5.02 Å². The number of piperazine rings is 1. The molecule has 0 radical (unpaired) electrons. The smallest absolute Gasteiger partial charge is 0.319 e. The number of primary amides is 1. The predicted octanol–water partition coefficient (Wildman–Crippen LogP) is 2.60. The van der Waals surface area contributed by atoms with Crippen LogP contribution in [0.3, 0.4) is 0 Å². The van der Waals surface area contributed by atoms with Crippen LogP contribution in [0.4, 0.5) is 10.5 Å². The quantitative estimate of drug-likeness (QED) is 0.677. The van der Waals surface area contributed by atoms with Gasteiger partial charge in [-0.2, -0.15) is 4.31 Å². The van der Waals surface area contributed by atoms with E-state index in [1.807, 2.05) is 37.3 Å². The van der Waals surface area contributed by atoms with Crippen LogP contribution in [0.25, 0.3) is 0 Å². The van der Waals surface area contributed by atoms with Gasteiger partial charge in [0.25, 0.3) is 0 Å². The summed E-state index contributed by atoms with van der Waals surface area (Å²) in [5.74, 6) is 0.119. The fourth-order valence-electron chi connectivity index (χ4n) is 3.54. The molecule has 0 aliphatic carbocycles. The van der Waals surface area contributed by atoms with E-state index in [1.54, 1.807) is 17.4 Å². The van der Waals surface area contributed by atoms with Crippen LogP contribution in [0, 0.1) is 6.92 Å². The third-order valence-corrected chi connectivity index (χ3v) is 7.66. The summed E-state index contributed by atoms with van der Waals surface area (Å²) in [4.78, 5) is 19.9. The predicted molar refractivity (Wildman–Crippen MR) is 123 cm³/mol. The standard InChI is InChI=1S/C21H28ClN5O3S/c1-3-31(29,30)26-10-8-25(9-11-26)15-18-12-17(5-7-20(18)22)14-27(21(23)28)19-6-4-16(2)24-13-19/h4-7,12-13H,3,8-11,14-15H2,1-2H3,(H2,23,28). The van der Waals surface area contributed by atoms with Gasteiger partial charge in [0.1, 0.15) is 0 Å². The van der Waals surface area contributed by atoms with Crippen LogP contribution in [0.5, 0.6) is 0 Å². The number of aryl methyl sites for hydroxylation is 1. The summed E-state index contributed by atoms with van der Waals surface area (Å²) < 4.78 is 25.6. The van der Waals surface area contributed by atoms with Crippen molar-refractivity contribution in [3.63, 3.8) is 0 Å². The number of nitrogens with zero attached hydrogens (tertiary/aromatic N) is 4. The van der Waals surface area contributed by atoms with Crippen LogP contribution < -0.4 is 10.6 Å². The molecule has 1 aromatic heterocycles. The van der Waals surface area contributed by atoms with Crippen LogP contribution in [-0.2, 0) is 23.1 Å². The minimum absolute atomic E-state index is 0.119. The van der Waals surface area contributed by atoms with E-state index in [1.165, 1.54) is 4.90 Å². The van der Waals surface area contributed by atoms with Gasteiger partial charge >= 0.3 is 6.03 Å². The van der Waals surface area contributed by atoms with Crippen molar-refractivity contribution in [3.8, 4) is 0 Å². The maximum absolute atomic E-state index is 12.1. The number of anilines is 1. The number of urea groups is 1. The van der Waals surface area contributed by atoms with Gasteiger partial charge in [0.05, 0.1) is 24.2 Å². The summed E-state index contributed by atoms with van der Waals surface area (Å²) in [7, 11) is -3.16. The Morgan fingerprint density at radius 2 is 1.90 bits per heavy atom. The van der Waals surface area contributed by atoms with Gasteiger partial charge in [-0.3, -0.25) is 14.8 Å². The van der Waals surface area contributed by atoms with Gasteiger partial charge in [0.15, 0.2) is 0 Å². The number of aromatic nitrogens is 1. The molecule has 0 spiro atoms. The number of nitrogens with two attached hydrogens (primary N) is 1. The lowest BCUT2D eigenvalue weighted by Gasteiger charge is -2.34. The van der Waals surface area contributed by atoms with Crippen molar-refractivity contribution in [3.05, 3.63) is 58.4 Å². The Kier molecular flexibility index (Phi) is 7.53. The van der Waals surface area contributed by atoms with Crippen molar-refractivity contribution in [2.75, 3.05) is 36.8 Å². The van der Waals surface area contributed by atoms with E-state index in [2.05, 4.69) is 9.88 Å². The maximum atomic E-state index is 12.1. The van der Waals surface area contributed by atoms with E-state index in [9.17, 15) is 13.2 Å². The minimum Gasteiger partial charge on any atom is -0.351 e. The Bertz CT molecular complexity index is 1020. The molecule has 0 bridgehead atoms. The van der Waals surface area contributed by atoms with E-state index < -0.39 is 16.1 Å². The van der Waals surface area contributed by atoms with Crippen molar-refractivity contribution in [1.82, 2.24) is 14.2 Å². The number of halogens is 1. The first-order valence-corrected chi connectivity index (χ1v) is 12.2. The molecule has 8 nitrogen and oxygen atoms in total.